The Balaban J connectivity index is 1.44. The van der Waals surface area contributed by atoms with E-state index in [4.69, 9.17) is 14.3 Å². The highest BCUT2D eigenvalue weighted by molar-refractivity contribution is 5.93. The lowest BCUT2D eigenvalue weighted by Gasteiger charge is -2.34. The van der Waals surface area contributed by atoms with Gasteiger partial charge in [0.05, 0.1) is 0 Å². The molecule has 0 saturated heterocycles. The molecule has 2 N–H and O–H groups in total. The highest BCUT2D eigenvalue weighted by Crippen LogP contribution is 2.44. The molecule has 3 aromatic rings. The number of carbonyl (C=O) groups is 5. The molecule has 3 amide bonds. The predicted molar refractivity (Wildman–Crippen MR) is 183 cm³/mol. The monoisotopic (exact) mass is 671 g/mol. The van der Waals surface area contributed by atoms with E-state index < -0.39 is 53.9 Å². The molecule has 3 aromatic carbocycles. The number of amides is 3. The molecule has 0 heterocycles. The molecule has 0 unspecified atom stereocenters. The van der Waals surface area contributed by atoms with Crippen molar-refractivity contribution in [1.82, 2.24) is 15.7 Å². The Labute approximate surface area is 287 Å². The number of nitrogens with one attached hydrogen (secondary N) is 2. The Morgan fingerprint density at radius 2 is 1.31 bits per heavy atom. The summed E-state index contributed by atoms with van der Waals surface area (Å²) in [4.78, 5) is 71.5. The second-order valence-electron chi connectivity index (χ2n) is 12.7. The summed E-state index contributed by atoms with van der Waals surface area (Å²) in [5.41, 5.74) is 5.00. The zero-order valence-corrected chi connectivity index (χ0v) is 28.8. The predicted octanol–water partition coefficient (Wildman–Crippen LogP) is 5.52. The summed E-state index contributed by atoms with van der Waals surface area (Å²) in [7, 11) is 0. The SMILES string of the molecule is CCC(=O)ON(C(=O)[C@H](C)NC(=O)OCC1c2ccccc2-c2ccccc21)[C@@H](C(=O)N[C@H](C(=O)OCc1ccccc1)C(C)C)C(C)C. The van der Waals surface area contributed by atoms with E-state index in [9.17, 15) is 24.0 Å². The molecule has 260 valence electrons. The molecule has 1 aliphatic carbocycles. The number of carbonyl (C=O) groups excluding carboxylic acids is 5. The minimum atomic E-state index is -1.34. The second kappa shape index (κ2) is 16.8. The molecule has 49 heavy (non-hydrogen) atoms. The third-order valence-corrected chi connectivity index (χ3v) is 8.35. The van der Waals surface area contributed by atoms with Crippen molar-refractivity contribution in [2.45, 2.75) is 78.6 Å². The summed E-state index contributed by atoms with van der Waals surface area (Å²) < 4.78 is 11.1. The molecule has 0 aromatic heterocycles. The fraction of sp³-hybridized carbons (Fsp3) is 0.395. The summed E-state index contributed by atoms with van der Waals surface area (Å²) in [6, 6.07) is 21.3. The van der Waals surface area contributed by atoms with Crippen LogP contribution in [0.5, 0.6) is 0 Å². The van der Waals surface area contributed by atoms with Crippen LogP contribution in [0.15, 0.2) is 78.9 Å². The lowest BCUT2D eigenvalue weighted by atomic mass is 9.98. The average Bonchev–Trinajstić information content (AvgIpc) is 3.41. The van der Waals surface area contributed by atoms with Gasteiger partial charge in [-0.3, -0.25) is 9.59 Å². The van der Waals surface area contributed by atoms with Crippen LogP contribution in [0.1, 0.15) is 70.6 Å². The molecule has 0 radical (unpaired) electrons. The van der Waals surface area contributed by atoms with Gasteiger partial charge >= 0.3 is 18.0 Å². The maximum absolute atomic E-state index is 13.8. The van der Waals surface area contributed by atoms with Crippen molar-refractivity contribution in [3.05, 3.63) is 95.6 Å². The first-order valence-electron chi connectivity index (χ1n) is 16.6. The van der Waals surface area contributed by atoms with Crippen LogP contribution in [0.2, 0.25) is 0 Å². The van der Waals surface area contributed by atoms with Gasteiger partial charge in [-0.2, -0.15) is 5.06 Å². The Bertz CT molecular complexity index is 1600. The number of ether oxygens (including phenoxy) is 2. The fourth-order valence-corrected chi connectivity index (χ4v) is 5.72. The third-order valence-electron chi connectivity index (χ3n) is 8.35. The fourth-order valence-electron chi connectivity index (χ4n) is 5.72. The number of hydroxylamine groups is 2. The molecule has 3 atom stereocenters. The Kier molecular flexibility index (Phi) is 12.5. The molecule has 11 heteroatoms. The lowest BCUT2D eigenvalue weighted by molar-refractivity contribution is -0.212. The van der Waals surface area contributed by atoms with E-state index in [1.165, 1.54) is 6.92 Å². The number of esters is 1. The van der Waals surface area contributed by atoms with E-state index in [1.54, 1.807) is 34.6 Å². The number of hydrogen-bond donors (Lipinski definition) is 2. The van der Waals surface area contributed by atoms with Gasteiger partial charge in [0.25, 0.3) is 5.91 Å². The van der Waals surface area contributed by atoms with E-state index in [0.29, 0.717) is 5.06 Å². The minimum absolute atomic E-state index is 0.0180. The van der Waals surface area contributed by atoms with Crippen LogP contribution in [0.3, 0.4) is 0 Å². The topological polar surface area (TPSA) is 140 Å². The van der Waals surface area contributed by atoms with Crippen LogP contribution >= 0.6 is 0 Å². The lowest BCUT2D eigenvalue weighted by Crippen LogP contribution is -2.59. The molecular formula is C38H45N3O8. The average molecular weight is 672 g/mol. The first kappa shape index (κ1) is 36.6. The quantitative estimate of drug-likeness (QED) is 0.179. The van der Waals surface area contributed by atoms with Crippen molar-refractivity contribution in [2.75, 3.05) is 6.61 Å². The number of nitrogens with zero attached hydrogens (tertiary/aromatic N) is 1. The van der Waals surface area contributed by atoms with Crippen LogP contribution in [0.4, 0.5) is 4.79 Å². The molecule has 1 aliphatic rings. The Hall–Kier alpha value is -5.19. The van der Waals surface area contributed by atoms with Gasteiger partial charge in [0.15, 0.2) is 6.04 Å². The van der Waals surface area contributed by atoms with Crippen LogP contribution in [0, 0.1) is 11.8 Å². The largest absolute Gasteiger partial charge is 0.459 e. The van der Waals surface area contributed by atoms with Crippen molar-refractivity contribution in [3.63, 3.8) is 0 Å². The minimum Gasteiger partial charge on any atom is -0.459 e. The van der Waals surface area contributed by atoms with Gasteiger partial charge < -0.3 is 24.9 Å². The van der Waals surface area contributed by atoms with Crippen LogP contribution in [0.25, 0.3) is 11.1 Å². The standard InChI is InChI=1S/C38H45N3O8/c1-7-32(42)49-41(34(24(4)5)35(43)40-33(23(2)3)37(45)47-21-26-15-9-8-10-16-26)36(44)25(6)39-38(46)48-22-31-29-19-13-11-17-27(29)28-18-12-14-20-30(28)31/h8-20,23-25,31,33-34H,7,21-22H2,1-6H3,(H,39,46)(H,40,43)/t25-,33-,34+/m0/s1. The highest BCUT2D eigenvalue weighted by Gasteiger charge is 2.40. The smallest absolute Gasteiger partial charge is 0.407 e. The molecule has 11 nitrogen and oxygen atoms in total. The summed E-state index contributed by atoms with van der Waals surface area (Å²) in [5, 5.41) is 5.90. The van der Waals surface area contributed by atoms with Crippen LogP contribution in [-0.4, -0.2) is 59.6 Å². The van der Waals surface area contributed by atoms with Crippen molar-refractivity contribution < 1.29 is 38.3 Å². The van der Waals surface area contributed by atoms with Gasteiger partial charge in [-0.05, 0) is 46.6 Å². The molecule has 0 saturated carbocycles. The van der Waals surface area contributed by atoms with Crippen LogP contribution in [-0.2, 0) is 40.1 Å². The Morgan fingerprint density at radius 3 is 1.86 bits per heavy atom. The number of rotatable bonds is 13. The van der Waals surface area contributed by atoms with Gasteiger partial charge in [-0.1, -0.05) is 113 Å². The molecule has 0 spiro atoms. The van der Waals surface area contributed by atoms with Gasteiger partial charge in [0.1, 0.15) is 25.3 Å². The number of alkyl carbamates (subject to hydrolysis) is 1. The molecule has 0 aliphatic heterocycles. The number of fused-ring (bicyclic) bond motifs is 3. The van der Waals surface area contributed by atoms with E-state index in [1.807, 2.05) is 78.9 Å². The third kappa shape index (κ3) is 9.04. The summed E-state index contributed by atoms with van der Waals surface area (Å²) in [5.74, 6) is -4.10. The maximum Gasteiger partial charge on any atom is 0.407 e. The zero-order chi connectivity index (χ0) is 35.7. The molecule has 0 fully saturated rings. The van der Waals surface area contributed by atoms with E-state index in [0.717, 1.165) is 27.8 Å². The van der Waals surface area contributed by atoms with Gasteiger partial charge in [0, 0.05) is 12.3 Å². The first-order valence-corrected chi connectivity index (χ1v) is 16.6. The van der Waals surface area contributed by atoms with Crippen molar-refractivity contribution in [2.24, 2.45) is 11.8 Å². The summed E-state index contributed by atoms with van der Waals surface area (Å²) in [6.07, 6.45) is -0.929. The number of hydrogen-bond acceptors (Lipinski definition) is 8. The molecule has 4 rings (SSSR count). The highest BCUT2D eigenvalue weighted by atomic mass is 16.7. The van der Waals surface area contributed by atoms with E-state index >= 15 is 0 Å². The van der Waals surface area contributed by atoms with Crippen LogP contribution < -0.4 is 10.6 Å². The van der Waals surface area contributed by atoms with Crippen molar-refractivity contribution in [3.8, 4) is 11.1 Å². The summed E-state index contributed by atoms with van der Waals surface area (Å²) >= 11 is 0. The maximum atomic E-state index is 13.8. The Morgan fingerprint density at radius 1 is 0.735 bits per heavy atom. The zero-order valence-electron chi connectivity index (χ0n) is 28.8. The van der Waals surface area contributed by atoms with Gasteiger partial charge in [0.2, 0.25) is 5.91 Å². The van der Waals surface area contributed by atoms with Crippen molar-refractivity contribution in [1.29, 1.82) is 0 Å². The normalized spacial score (nSPS) is 13.8. The number of benzene rings is 3. The van der Waals surface area contributed by atoms with Gasteiger partial charge in [-0.15, -0.1) is 0 Å². The molecule has 0 bridgehead atoms. The van der Waals surface area contributed by atoms with E-state index in [-0.39, 0.29) is 31.5 Å². The van der Waals surface area contributed by atoms with Crippen molar-refractivity contribution >= 4 is 29.8 Å². The second-order valence-corrected chi connectivity index (χ2v) is 12.7. The van der Waals surface area contributed by atoms with Gasteiger partial charge in [-0.25, -0.2) is 14.4 Å². The molecular weight excluding hydrogens is 626 g/mol. The first-order chi connectivity index (χ1) is 23.4. The van der Waals surface area contributed by atoms with E-state index in [2.05, 4.69) is 10.6 Å². The summed E-state index contributed by atoms with van der Waals surface area (Å²) in [6.45, 7) is 9.85.